The molecule has 160 valence electrons. The molecule has 5 rings (SSSR count). The van der Waals surface area contributed by atoms with Crippen LogP contribution in [0.5, 0.6) is 0 Å². The number of benzene rings is 2. The smallest absolute Gasteiger partial charge is 0.254 e. The van der Waals surface area contributed by atoms with E-state index in [1.165, 1.54) is 11.1 Å². The summed E-state index contributed by atoms with van der Waals surface area (Å²) in [5, 5.41) is 8.59. The molecule has 6 nitrogen and oxygen atoms in total. The molecule has 2 aliphatic heterocycles. The monoisotopic (exact) mass is 415 g/mol. The third kappa shape index (κ3) is 3.55. The van der Waals surface area contributed by atoms with Crippen molar-refractivity contribution in [1.82, 2.24) is 24.6 Å². The van der Waals surface area contributed by atoms with Crippen LogP contribution in [-0.2, 0) is 13.6 Å². The summed E-state index contributed by atoms with van der Waals surface area (Å²) in [6.45, 7) is 8.44. The lowest BCUT2D eigenvalue weighted by atomic mass is 9.71. The lowest BCUT2D eigenvalue weighted by Crippen LogP contribution is -2.61. The van der Waals surface area contributed by atoms with Gasteiger partial charge in [-0.1, -0.05) is 48.0 Å². The summed E-state index contributed by atoms with van der Waals surface area (Å²) < 4.78 is 2.03. The molecule has 1 spiro atoms. The summed E-state index contributed by atoms with van der Waals surface area (Å²) >= 11 is 0. The molecule has 1 atom stereocenters. The molecule has 0 N–H and O–H groups in total. The number of hydrogen-bond acceptors (Lipinski definition) is 4. The van der Waals surface area contributed by atoms with Gasteiger partial charge in [0.25, 0.3) is 5.91 Å². The van der Waals surface area contributed by atoms with Crippen molar-refractivity contribution in [2.75, 3.05) is 26.2 Å². The Bertz CT molecular complexity index is 1100. The van der Waals surface area contributed by atoms with Crippen molar-refractivity contribution in [3.05, 3.63) is 82.9 Å². The molecule has 0 bridgehead atoms. The van der Waals surface area contributed by atoms with Gasteiger partial charge in [-0.3, -0.25) is 9.69 Å². The van der Waals surface area contributed by atoms with Crippen molar-refractivity contribution < 1.29 is 4.79 Å². The Morgan fingerprint density at radius 3 is 2.55 bits per heavy atom. The Hall–Kier alpha value is -2.99. The first kappa shape index (κ1) is 19.9. The van der Waals surface area contributed by atoms with E-state index in [1.54, 1.807) is 6.33 Å². The largest absolute Gasteiger partial charge is 0.337 e. The highest BCUT2D eigenvalue weighted by atomic mass is 16.2. The molecule has 31 heavy (non-hydrogen) atoms. The molecule has 2 saturated heterocycles. The first-order chi connectivity index (χ1) is 14.9. The molecule has 2 fully saturated rings. The lowest BCUT2D eigenvalue weighted by molar-refractivity contribution is 0.00135. The minimum absolute atomic E-state index is 0.0316. The van der Waals surface area contributed by atoms with Crippen molar-refractivity contribution in [1.29, 1.82) is 0 Å². The van der Waals surface area contributed by atoms with Gasteiger partial charge in [0.15, 0.2) is 0 Å². The maximum absolute atomic E-state index is 13.2. The minimum atomic E-state index is 0.0316. The first-order valence-corrected chi connectivity index (χ1v) is 10.9. The number of aromatic nitrogens is 3. The van der Waals surface area contributed by atoms with E-state index in [1.807, 2.05) is 35.6 Å². The standard InChI is InChI=1S/C25H29N5O/c1-18-9-10-21(19(2)11-18)24(31)30-15-25(16-30)14-29(12-20-7-5-4-6-8-20)13-22(25)23-27-26-17-28(23)3/h4-11,17,22H,12-16H2,1-3H3. The van der Waals surface area contributed by atoms with E-state index in [2.05, 4.69) is 58.4 Å². The van der Waals surface area contributed by atoms with Crippen LogP contribution in [0.2, 0.25) is 0 Å². The number of hydrogen-bond donors (Lipinski definition) is 0. The van der Waals surface area contributed by atoms with Gasteiger partial charge >= 0.3 is 0 Å². The summed E-state index contributed by atoms with van der Waals surface area (Å²) in [6, 6.07) is 16.7. The molecule has 2 aliphatic rings. The van der Waals surface area contributed by atoms with Crippen molar-refractivity contribution >= 4 is 5.91 Å². The van der Waals surface area contributed by atoms with E-state index in [9.17, 15) is 4.79 Å². The van der Waals surface area contributed by atoms with E-state index in [0.29, 0.717) is 0 Å². The molecule has 3 heterocycles. The van der Waals surface area contributed by atoms with Crippen LogP contribution in [0.15, 0.2) is 54.9 Å². The van der Waals surface area contributed by atoms with E-state index in [4.69, 9.17) is 0 Å². The van der Waals surface area contributed by atoms with Crippen LogP contribution in [0.3, 0.4) is 0 Å². The van der Waals surface area contributed by atoms with Crippen LogP contribution >= 0.6 is 0 Å². The third-order valence-corrected chi connectivity index (χ3v) is 6.94. The molecule has 6 heteroatoms. The number of amides is 1. The summed E-state index contributed by atoms with van der Waals surface area (Å²) in [5.74, 6) is 1.43. The maximum Gasteiger partial charge on any atom is 0.254 e. The van der Waals surface area contributed by atoms with Gasteiger partial charge in [0.1, 0.15) is 12.2 Å². The van der Waals surface area contributed by atoms with E-state index >= 15 is 0 Å². The Morgan fingerprint density at radius 2 is 1.87 bits per heavy atom. The summed E-state index contributed by atoms with van der Waals surface area (Å²) in [4.78, 5) is 17.7. The van der Waals surface area contributed by atoms with Gasteiger partial charge in [0.05, 0.1) is 0 Å². The molecular weight excluding hydrogens is 386 g/mol. The number of carbonyl (C=O) groups is 1. The number of carbonyl (C=O) groups excluding carboxylic acids is 1. The van der Waals surface area contributed by atoms with Gasteiger partial charge in [-0.15, -0.1) is 10.2 Å². The highest BCUT2D eigenvalue weighted by Crippen LogP contribution is 2.49. The fourth-order valence-corrected chi connectivity index (χ4v) is 5.40. The Labute approximate surface area is 183 Å². The van der Waals surface area contributed by atoms with Gasteiger partial charge in [-0.2, -0.15) is 0 Å². The van der Waals surface area contributed by atoms with Crippen molar-refractivity contribution in [3.63, 3.8) is 0 Å². The van der Waals surface area contributed by atoms with E-state index in [0.717, 1.165) is 49.7 Å². The second-order valence-electron chi connectivity index (χ2n) is 9.35. The SMILES string of the molecule is Cc1ccc(C(=O)N2CC3(CN(Cc4ccccc4)CC3c3nncn3C)C2)c(C)c1. The second kappa shape index (κ2) is 7.61. The quantitative estimate of drug-likeness (QED) is 0.657. The zero-order valence-electron chi connectivity index (χ0n) is 18.5. The predicted molar refractivity (Wildman–Crippen MR) is 120 cm³/mol. The van der Waals surface area contributed by atoms with Crippen LogP contribution in [0.4, 0.5) is 0 Å². The average Bonchev–Trinajstić information content (AvgIpc) is 3.30. The topological polar surface area (TPSA) is 54.3 Å². The fourth-order valence-electron chi connectivity index (χ4n) is 5.40. The van der Waals surface area contributed by atoms with Crippen LogP contribution < -0.4 is 0 Å². The minimum Gasteiger partial charge on any atom is -0.337 e. The van der Waals surface area contributed by atoms with Gasteiger partial charge in [0.2, 0.25) is 0 Å². The van der Waals surface area contributed by atoms with Crippen LogP contribution in [0, 0.1) is 19.3 Å². The molecule has 1 amide bonds. The number of likely N-dealkylation sites (tertiary alicyclic amines) is 2. The molecule has 0 saturated carbocycles. The molecular formula is C25H29N5O. The first-order valence-electron chi connectivity index (χ1n) is 10.9. The normalized spacial score (nSPS) is 20.2. The van der Waals surface area contributed by atoms with Crippen LogP contribution in [0.25, 0.3) is 0 Å². The fraction of sp³-hybridized carbons (Fsp3) is 0.400. The molecule has 1 unspecified atom stereocenters. The Balaban J connectivity index is 1.37. The molecule has 2 aromatic carbocycles. The van der Waals surface area contributed by atoms with Crippen LogP contribution in [-0.4, -0.2) is 56.7 Å². The van der Waals surface area contributed by atoms with Crippen molar-refractivity contribution in [2.24, 2.45) is 12.5 Å². The zero-order valence-corrected chi connectivity index (χ0v) is 18.5. The van der Waals surface area contributed by atoms with E-state index < -0.39 is 0 Å². The second-order valence-corrected chi connectivity index (χ2v) is 9.35. The highest BCUT2D eigenvalue weighted by Gasteiger charge is 2.57. The Kier molecular flexibility index (Phi) is 4.89. The molecule has 1 aromatic heterocycles. The summed E-state index contributed by atoms with van der Waals surface area (Å²) in [5.41, 5.74) is 4.40. The van der Waals surface area contributed by atoms with E-state index in [-0.39, 0.29) is 17.2 Å². The Morgan fingerprint density at radius 1 is 1.10 bits per heavy atom. The highest BCUT2D eigenvalue weighted by molar-refractivity contribution is 5.96. The van der Waals surface area contributed by atoms with Gasteiger partial charge in [-0.05, 0) is 31.0 Å². The number of rotatable bonds is 4. The number of nitrogens with zero attached hydrogens (tertiary/aromatic N) is 5. The zero-order chi connectivity index (χ0) is 21.6. The summed E-state index contributed by atoms with van der Waals surface area (Å²) in [6.07, 6.45) is 1.78. The predicted octanol–water partition coefficient (Wildman–Crippen LogP) is 3.17. The van der Waals surface area contributed by atoms with Crippen molar-refractivity contribution in [2.45, 2.75) is 26.3 Å². The maximum atomic E-state index is 13.2. The lowest BCUT2D eigenvalue weighted by Gasteiger charge is -2.51. The van der Waals surface area contributed by atoms with Gasteiger partial charge in [-0.25, -0.2) is 0 Å². The average molecular weight is 416 g/mol. The number of aryl methyl sites for hydroxylation is 3. The van der Waals surface area contributed by atoms with Crippen LogP contribution in [0.1, 0.15) is 38.8 Å². The van der Waals surface area contributed by atoms with Crippen molar-refractivity contribution in [3.8, 4) is 0 Å². The van der Waals surface area contributed by atoms with Gasteiger partial charge in [0, 0.05) is 56.7 Å². The molecule has 0 radical (unpaired) electrons. The summed E-state index contributed by atoms with van der Waals surface area (Å²) in [7, 11) is 2.01. The molecule has 0 aliphatic carbocycles. The van der Waals surface area contributed by atoms with Gasteiger partial charge < -0.3 is 9.47 Å². The third-order valence-electron chi connectivity index (χ3n) is 6.94. The molecule has 3 aromatic rings.